The summed E-state index contributed by atoms with van der Waals surface area (Å²) in [6.45, 7) is 1.99. The van der Waals surface area contributed by atoms with Crippen LogP contribution < -0.4 is 11.0 Å². The molecule has 0 bridgehead atoms. The summed E-state index contributed by atoms with van der Waals surface area (Å²) in [5, 5.41) is 9.04. The van der Waals surface area contributed by atoms with Gasteiger partial charge in [-0.15, -0.1) is 10.2 Å². The minimum Gasteiger partial charge on any atom is -0.290 e. The van der Waals surface area contributed by atoms with Crippen molar-refractivity contribution < 1.29 is 0 Å². The molecule has 6 nitrogen and oxygen atoms in total. The van der Waals surface area contributed by atoms with E-state index in [0.717, 1.165) is 22.2 Å². The maximum atomic E-state index is 12.6. The Morgan fingerprint density at radius 3 is 2.65 bits per heavy atom. The molecule has 4 rings (SSSR count). The molecule has 1 N–H and O–H groups in total. The predicted molar refractivity (Wildman–Crippen MR) is 89.3 cm³/mol. The number of hydrogen-bond acceptors (Lipinski definition) is 5. The molecule has 0 radical (unpaired) electrons. The lowest BCUT2D eigenvalue weighted by molar-refractivity contribution is 0.870. The smallest absolute Gasteiger partial charge is 0.290 e. The molecule has 0 aliphatic rings. The molecule has 0 aliphatic carbocycles. The third-order valence-electron chi connectivity index (χ3n) is 3.64. The third kappa shape index (κ3) is 2.30. The maximum Gasteiger partial charge on any atom is 0.300 e. The van der Waals surface area contributed by atoms with Gasteiger partial charge in [0.05, 0.1) is 11.2 Å². The molecular weight excluding hydrogens is 290 g/mol. The van der Waals surface area contributed by atoms with Gasteiger partial charge < -0.3 is 0 Å². The van der Waals surface area contributed by atoms with E-state index in [1.54, 1.807) is 0 Å². The van der Waals surface area contributed by atoms with Crippen LogP contribution in [0.25, 0.3) is 21.9 Å². The summed E-state index contributed by atoms with van der Waals surface area (Å²) in [4.78, 5) is 17.0. The van der Waals surface area contributed by atoms with Crippen molar-refractivity contribution in [1.82, 2.24) is 19.9 Å². The molecule has 0 amide bonds. The average Bonchev–Trinajstić information content (AvgIpc) is 2.58. The summed E-state index contributed by atoms with van der Waals surface area (Å²) in [6.07, 6.45) is 1.47. The van der Waals surface area contributed by atoms with Crippen molar-refractivity contribution in [2.24, 2.45) is 0 Å². The van der Waals surface area contributed by atoms with E-state index < -0.39 is 0 Å². The van der Waals surface area contributed by atoms with Gasteiger partial charge in [-0.25, -0.2) is 9.66 Å². The summed E-state index contributed by atoms with van der Waals surface area (Å²) in [5.41, 5.74) is 6.13. The van der Waals surface area contributed by atoms with Crippen molar-refractivity contribution in [3.05, 3.63) is 70.8 Å². The molecule has 0 atom stereocenters. The van der Waals surface area contributed by atoms with Crippen LogP contribution in [0.3, 0.4) is 0 Å². The van der Waals surface area contributed by atoms with Gasteiger partial charge in [0.1, 0.15) is 11.8 Å². The molecule has 4 aromatic rings. The van der Waals surface area contributed by atoms with Gasteiger partial charge in [0, 0.05) is 5.39 Å². The summed E-state index contributed by atoms with van der Waals surface area (Å²) < 4.78 is 1.31. The summed E-state index contributed by atoms with van der Waals surface area (Å²) in [7, 11) is 0. The first-order valence-corrected chi connectivity index (χ1v) is 7.19. The number of rotatable bonds is 2. The Balaban J connectivity index is 1.90. The van der Waals surface area contributed by atoms with Crippen LogP contribution in [0.2, 0.25) is 0 Å². The number of fused-ring (bicyclic) bond motifs is 3. The van der Waals surface area contributed by atoms with Crippen molar-refractivity contribution in [2.45, 2.75) is 6.92 Å². The molecule has 2 aromatic heterocycles. The molecule has 0 saturated heterocycles. The van der Waals surface area contributed by atoms with E-state index in [-0.39, 0.29) is 11.1 Å². The number of para-hydroxylation sites is 1. The van der Waals surface area contributed by atoms with Crippen LogP contribution in [0.1, 0.15) is 5.56 Å². The van der Waals surface area contributed by atoms with E-state index in [1.807, 2.05) is 55.5 Å². The number of benzene rings is 2. The van der Waals surface area contributed by atoms with E-state index in [1.165, 1.54) is 11.0 Å². The van der Waals surface area contributed by atoms with Crippen molar-refractivity contribution in [1.29, 1.82) is 0 Å². The fourth-order valence-electron chi connectivity index (χ4n) is 2.49. The number of aryl methyl sites for hydroxylation is 1. The first kappa shape index (κ1) is 13.4. The van der Waals surface area contributed by atoms with Gasteiger partial charge in [-0.3, -0.25) is 10.2 Å². The lowest BCUT2D eigenvalue weighted by atomic mass is 10.1. The highest BCUT2D eigenvalue weighted by atomic mass is 16.1. The summed E-state index contributed by atoms with van der Waals surface area (Å²) in [6, 6.07) is 15.2. The minimum absolute atomic E-state index is 0.243. The summed E-state index contributed by atoms with van der Waals surface area (Å²) in [5.74, 6) is 0. The number of hydrogen-bond donors (Lipinski definition) is 1. The Bertz CT molecular complexity index is 1070. The molecule has 0 unspecified atom stereocenters. The van der Waals surface area contributed by atoms with E-state index in [9.17, 15) is 4.79 Å². The zero-order valence-corrected chi connectivity index (χ0v) is 12.4. The minimum atomic E-state index is -0.283. The lowest BCUT2D eigenvalue weighted by Crippen LogP contribution is -2.27. The zero-order valence-electron chi connectivity index (χ0n) is 12.4. The Labute approximate surface area is 131 Å². The molecule has 0 spiro atoms. The average molecular weight is 303 g/mol. The first-order valence-electron chi connectivity index (χ1n) is 7.19. The Morgan fingerprint density at radius 1 is 1.00 bits per heavy atom. The number of aromatic nitrogens is 4. The standard InChI is InChI=1S/C17H13N5O/c1-11-7-8-13-14(9-11)19-20-16-15(13)18-10-22(17(16)23)21-12-5-3-2-4-6-12/h2-10,21H,1H3. The van der Waals surface area contributed by atoms with Gasteiger partial charge in [-0.1, -0.05) is 30.3 Å². The van der Waals surface area contributed by atoms with E-state index in [2.05, 4.69) is 20.6 Å². The quantitative estimate of drug-likeness (QED) is 0.576. The van der Waals surface area contributed by atoms with Crippen LogP contribution >= 0.6 is 0 Å². The Morgan fingerprint density at radius 2 is 1.83 bits per heavy atom. The highest BCUT2D eigenvalue weighted by Gasteiger charge is 2.10. The fraction of sp³-hybridized carbons (Fsp3) is 0.0588. The van der Waals surface area contributed by atoms with Crippen LogP contribution in [0, 0.1) is 6.92 Å². The number of nitrogens with zero attached hydrogens (tertiary/aromatic N) is 4. The Kier molecular flexibility index (Phi) is 3.01. The van der Waals surface area contributed by atoms with Crippen LogP contribution in [0.4, 0.5) is 5.69 Å². The largest absolute Gasteiger partial charge is 0.300 e. The third-order valence-corrected chi connectivity index (χ3v) is 3.64. The second-order valence-corrected chi connectivity index (χ2v) is 5.32. The van der Waals surface area contributed by atoms with Gasteiger partial charge in [-0.2, -0.15) is 0 Å². The molecule has 0 fully saturated rings. The van der Waals surface area contributed by atoms with Crippen LogP contribution in [0.15, 0.2) is 59.7 Å². The molecule has 6 heteroatoms. The molecule has 0 aliphatic heterocycles. The normalized spacial score (nSPS) is 11.0. The van der Waals surface area contributed by atoms with Crippen molar-refractivity contribution in [3.63, 3.8) is 0 Å². The molecule has 112 valence electrons. The fourth-order valence-corrected chi connectivity index (χ4v) is 2.49. The molecule has 2 aromatic carbocycles. The van der Waals surface area contributed by atoms with Gasteiger partial charge >= 0.3 is 5.56 Å². The zero-order chi connectivity index (χ0) is 15.8. The van der Waals surface area contributed by atoms with E-state index in [0.29, 0.717) is 5.52 Å². The molecule has 23 heavy (non-hydrogen) atoms. The van der Waals surface area contributed by atoms with Gasteiger partial charge in [0.25, 0.3) is 0 Å². The first-order chi connectivity index (χ1) is 11.2. The van der Waals surface area contributed by atoms with Gasteiger partial charge in [0.2, 0.25) is 0 Å². The lowest BCUT2D eigenvalue weighted by Gasteiger charge is -2.09. The van der Waals surface area contributed by atoms with Crippen LogP contribution in [-0.2, 0) is 0 Å². The number of nitrogens with one attached hydrogen (secondary N) is 1. The highest BCUT2D eigenvalue weighted by Crippen LogP contribution is 2.18. The van der Waals surface area contributed by atoms with Crippen molar-refractivity contribution in [2.75, 3.05) is 5.43 Å². The van der Waals surface area contributed by atoms with Crippen molar-refractivity contribution >= 4 is 27.6 Å². The predicted octanol–water partition coefficient (Wildman–Crippen LogP) is 2.52. The molecule has 2 heterocycles. The molecule has 0 saturated carbocycles. The van der Waals surface area contributed by atoms with Gasteiger partial charge in [0.15, 0.2) is 5.52 Å². The highest BCUT2D eigenvalue weighted by molar-refractivity contribution is 6.00. The van der Waals surface area contributed by atoms with E-state index in [4.69, 9.17) is 0 Å². The monoisotopic (exact) mass is 303 g/mol. The van der Waals surface area contributed by atoms with Crippen molar-refractivity contribution in [3.8, 4) is 0 Å². The summed E-state index contributed by atoms with van der Waals surface area (Å²) >= 11 is 0. The SMILES string of the molecule is Cc1ccc2c(c1)nnc1c(=O)n(Nc3ccccc3)cnc12. The maximum absolute atomic E-state index is 12.6. The van der Waals surface area contributed by atoms with Crippen LogP contribution in [0.5, 0.6) is 0 Å². The Hall–Kier alpha value is -3.28. The second kappa shape index (κ2) is 5.17. The topological polar surface area (TPSA) is 72.7 Å². The molecular formula is C17H13N5O. The number of anilines is 1. The van der Waals surface area contributed by atoms with Gasteiger partial charge in [-0.05, 0) is 30.7 Å². The van der Waals surface area contributed by atoms with Crippen LogP contribution in [-0.4, -0.2) is 19.9 Å². The van der Waals surface area contributed by atoms with E-state index >= 15 is 0 Å². The second-order valence-electron chi connectivity index (χ2n) is 5.32.